The van der Waals surface area contributed by atoms with Crippen LogP contribution in [0.4, 0.5) is 0 Å². The molecule has 0 heterocycles. The molecule has 0 N–H and O–H groups in total. The Kier molecular flexibility index (Phi) is 3.56. The number of fused-ring (bicyclic) bond motifs is 3. The van der Waals surface area contributed by atoms with Gasteiger partial charge in [0.25, 0.3) is 0 Å². The van der Waals surface area contributed by atoms with Gasteiger partial charge in [-0.05, 0) is 80.0 Å². The van der Waals surface area contributed by atoms with Gasteiger partial charge in [-0.2, -0.15) is 0 Å². The van der Waals surface area contributed by atoms with E-state index in [0.717, 1.165) is 29.6 Å². The third kappa shape index (κ3) is 2.30. The fourth-order valence-electron chi connectivity index (χ4n) is 5.53. The predicted molar refractivity (Wildman–Crippen MR) is 83.0 cm³/mol. The number of rotatable bonds is 1. The summed E-state index contributed by atoms with van der Waals surface area (Å²) in [6.07, 6.45) is 12.7. The van der Waals surface area contributed by atoms with Crippen LogP contribution in [-0.2, 0) is 0 Å². The van der Waals surface area contributed by atoms with Crippen molar-refractivity contribution in [3.63, 3.8) is 0 Å². The fourth-order valence-corrected chi connectivity index (χ4v) is 5.53. The van der Waals surface area contributed by atoms with Gasteiger partial charge in [0.15, 0.2) is 0 Å². The maximum atomic E-state index is 2.61. The van der Waals surface area contributed by atoms with E-state index in [2.05, 4.69) is 33.8 Å². The van der Waals surface area contributed by atoms with Crippen molar-refractivity contribution in [2.24, 2.45) is 35.0 Å². The molecule has 19 heavy (non-hydrogen) atoms. The second-order valence-electron chi connectivity index (χ2n) is 8.30. The topological polar surface area (TPSA) is 0 Å². The van der Waals surface area contributed by atoms with Crippen molar-refractivity contribution in [1.29, 1.82) is 0 Å². The SMILES string of the molecule is CCC1=CCC2C(CCC3C2CCC(C)(C)C3C)C1. The van der Waals surface area contributed by atoms with Crippen LogP contribution in [0.1, 0.15) is 72.6 Å². The molecule has 0 nitrogen and oxygen atoms in total. The number of allylic oxidation sites excluding steroid dienone is 2. The van der Waals surface area contributed by atoms with Crippen LogP contribution in [-0.4, -0.2) is 0 Å². The van der Waals surface area contributed by atoms with E-state index >= 15 is 0 Å². The summed E-state index contributed by atoms with van der Waals surface area (Å²) in [6.45, 7) is 9.90. The van der Waals surface area contributed by atoms with Crippen LogP contribution in [0.5, 0.6) is 0 Å². The zero-order valence-electron chi connectivity index (χ0n) is 13.4. The van der Waals surface area contributed by atoms with Crippen molar-refractivity contribution in [3.05, 3.63) is 11.6 Å². The molecule has 0 aromatic carbocycles. The van der Waals surface area contributed by atoms with E-state index in [1.165, 1.54) is 44.9 Å². The van der Waals surface area contributed by atoms with Crippen LogP contribution in [0.25, 0.3) is 0 Å². The van der Waals surface area contributed by atoms with E-state index in [-0.39, 0.29) is 0 Å². The maximum absolute atomic E-state index is 2.61. The monoisotopic (exact) mass is 260 g/mol. The standard InChI is InChI=1S/C19H32/c1-5-14-6-8-17-15(12-14)7-9-16-13(2)19(3,4)11-10-18(16)17/h6,13,15-18H,5,7-12H2,1-4H3. The minimum atomic E-state index is 0.590. The molecular weight excluding hydrogens is 228 g/mol. The van der Waals surface area contributed by atoms with E-state index in [0.29, 0.717) is 5.41 Å². The Balaban J connectivity index is 1.78. The van der Waals surface area contributed by atoms with Gasteiger partial charge < -0.3 is 0 Å². The van der Waals surface area contributed by atoms with Crippen molar-refractivity contribution in [2.75, 3.05) is 0 Å². The first-order valence-electron chi connectivity index (χ1n) is 8.71. The average Bonchev–Trinajstić information content (AvgIpc) is 2.42. The zero-order chi connectivity index (χ0) is 13.6. The Hall–Kier alpha value is -0.260. The molecule has 2 saturated carbocycles. The van der Waals surface area contributed by atoms with Crippen LogP contribution in [0, 0.1) is 35.0 Å². The minimum Gasteiger partial charge on any atom is -0.0850 e. The van der Waals surface area contributed by atoms with Gasteiger partial charge in [0.05, 0.1) is 0 Å². The third-order valence-electron chi connectivity index (χ3n) is 7.23. The molecule has 0 bridgehead atoms. The Morgan fingerprint density at radius 3 is 2.63 bits per heavy atom. The van der Waals surface area contributed by atoms with E-state index in [1.54, 1.807) is 5.57 Å². The van der Waals surface area contributed by atoms with Crippen LogP contribution in [0.3, 0.4) is 0 Å². The lowest BCUT2D eigenvalue weighted by molar-refractivity contribution is -0.0383. The minimum absolute atomic E-state index is 0.590. The largest absolute Gasteiger partial charge is 0.0850 e. The maximum Gasteiger partial charge on any atom is -0.0289 e. The molecular formula is C19H32. The summed E-state index contributed by atoms with van der Waals surface area (Å²) in [6, 6.07) is 0. The summed E-state index contributed by atoms with van der Waals surface area (Å²) in [5, 5.41) is 0. The van der Waals surface area contributed by atoms with Crippen molar-refractivity contribution < 1.29 is 0 Å². The second kappa shape index (κ2) is 4.93. The lowest BCUT2D eigenvalue weighted by Gasteiger charge is -2.54. The predicted octanol–water partition coefficient (Wildman–Crippen LogP) is 5.83. The van der Waals surface area contributed by atoms with Gasteiger partial charge in [-0.3, -0.25) is 0 Å². The highest BCUT2D eigenvalue weighted by molar-refractivity contribution is 5.11. The Labute approximate surface area is 120 Å². The molecule has 0 saturated heterocycles. The third-order valence-corrected chi connectivity index (χ3v) is 7.23. The normalized spacial score (nSPS) is 45.1. The van der Waals surface area contributed by atoms with Crippen molar-refractivity contribution in [2.45, 2.75) is 72.6 Å². The summed E-state index contributed by atoms with van der Waals surface area (Å²) in [4.78, 5) is 0. The van der Waals surface area contributed by atoms with E-state index in [9.17, 15) is 0 Å². The van der Waals surface area contributed by atoms with Crippen molar-refractivity contribution in [3.8, 4) is 0 Å². The summed E-state index contributed by atoms with van der Waals surface area (Å²) < 4.78 is 0. The van der Waals surface area contributed by atoms with Crippen LogP contribution >= 0.6 is 0 Å². The van der Waals surface area contributed by atoms with Gasteiger partial charge in [-0.1, -0.05) is 39.3 Å². The fraction of sp³-hybridized carbons (Fsp3) is 0.895. The molecule has 108 valence electrons. The average molecular weight is 260 g/mol. The van der Waals surface area contributed by atoms with Crippen LogP contribution in [0.15, 0.2) is 11.6 Å². The molecule has 0 heteroatoms. The quantitative estimate of drug-likeness (QED) is 0.520. The van der Waals surface area contributed by atoms with Crippen molar-refractivity contribution >= 4 is 0 Å². The highest BCUT2D eigenvalue weighted by atomic mass is 14.5. The van der Waals surface area contributed by atoms with Gasteiger partial charge in [-0.15, -0.1) is 0 Å². The Bertz CT molecular complexity index is 362. The van der Waals surface area contributed by atoms with Gasteiger partial charge in [-0.25, -0.2) is 0 Å². The van der Waals surface area contributed by atoms with Gasteiger partial charge >= 0.3 is 0 Å². The first-order valence-corrected chi connectivity index (χ1v) is 8.71. The molecule has 3 rings (SSSR count). The first-order chi connectivity index (χ1) is 9.03. The second-order valence-corrected chi connectivity index (χ2v) is 8.30. The summed E-state index contributed by atoms with van der Waals surface area (Å²) in [7, 11) is 0. The van der Waals surface area contributed by atoms with Gasteiger partial charge in [0, 0.05) is 0 Å². The molecule has 5 atom stereocenters. The highest BCUT2D eigenvalue weighted by Gasteiger charge is 2.48. The molecule has 0 aromatic heterocycles. The Morgan fingerprint density at radius 2 is 1.89 bits per heavy atom. The number of hydrogen-bond donors (Lipinski definition) is 0. The molecule has 0 aliphatic heterocycles. The van der Waals surface area contributed by atoms with E-state index in [4.69, 9.17) is 0 Å². The molecule has 2 fully saturated rings. The molecule has 0 amide bonds. The molecule has 0 aromatic rings. The Morgan fingerprint density at radius 1 is 1.11 bits per heavy atom. The zero-order valence-corrected chi connectivity index (χ0v) is 13.4. The molecule has 3 aliphatic rings. The van der Waals surface area contributed by atoms with E-state index < -0.39 is 0 Å². The van der Waals surface area contributed by atoms with Gasteiger partial charge in [0.1, 0.15) is 0 Å². The highest BCUT2D eigenvalue weighted by Crippen LogP contribution is 2.57. The molecule has 0 spiro atoms. The van der Waals surface area contributed by atoms with E-state index in [1.807, 2.05) is 0 Å². The number of hydrogen-bond acceptors (Lipinski definition) is 0. The lowest BCUT2D eigenvalue weighted by atomic mass is 9.51. The molecule has 0 radical (unpaired) electrons. The lowest BCUT2D eigenvalue weighted by Crippen LogP contribution is -2.46. The summed E-state index contributed by atoms with van der Waals surface area (Å²) in [5.41, 5.74) is 2.34. The van der Waals surface area contributed by atoms with Crippen molar-refractivity contribution in [1.82, 2.24) is 0 Å². The molecule has 5 unspecified atom stereocenters. The first kappa shape index (κ1) is 13.7. The summed E-state index contributed by atoms with van der Waals surface area (Å²) >= 11 is 0. The smallest absolute Gasteiger partial charge is 0.0289 e. The van der Waals surface area contributed by atoms with Crippen LogP contribution in [0.2, 0.25) is 0 Å². The molecule has 3 aliphatic carbocycles. The summed E-state index contributed by atoms with van der Waals surface area (Å²) in [5.74, 6) is 5.09. The van der Waals surface area contributed by atoms with Crippen LogP contribution < -0.4 is 0 Å². The van der Waals surface area contributed by atoms with Gasteiger partial charge in [0.2, 0.25) is 0 Å².